The van der Waals surface area contributed by atoms with E-state index < -0.39 is 0 Å². The first kappa shape index (κ1) is 14.4. The molecular formula is C14H20ClNO3. The van der Waals surface area contributed by atoms with Crippen LogP contribution in [0.25, 0.3) is 0 Å². The van der Waals surface area contributed by atoms with E-state index in [2.05, 4.69) is 5.32 Å². The monoisotopic (exact) mass is 285 g/mol. The van der Waals surface area contributed by atoms with E-state index in [-0.39, 0.29) is 12.1 Å². The van der Waals surface area contributed by atoms with Crippen LogP contribution in [0, 0.1) is 0 Å². The van der Waals surface area contributed by atoms with Crippen LogP contribution in [-0.4, -0.2) is 31.5 Å². The second-order valence-electron chi connectivity index (χ2n) is 4.96. The summed E-state index contributed by atoms with van der Waals surface area (Å²) in [5.41, 5.74) is 0.905. The molecule has 106 valence electrons. The van der Waals surface area contributed by atoms with Crippen molar-refractivity contribution in [2.24, 2.45) is 0 Å². The summed E-state index contributed by atoms with van der Waals surface area (Å²) in [6, 6.07) is 3.76. The maximum Gasteiger partial charge on any atom is 0.179 e. The van der Waals surface area contributed by atoms with E-state index in [9.17, 15) is 5.11 Å². The molecule has 0 atom stereocenters. The zero-order valence-corrected chi connectivity index (χ0v) is 12.1. The van der Waals surface area contributed by atoms with Crippen LogP contribution in [0.15, 0.2) is 12.1 Å². The smallest absolute Gasteiger partial charge is 0.179 e. The predicted molar refractivity (Wildman–Crippen MR) is 75.1 cm³/mol. The van der Waals surface area contributed by atoms with Gasteiger partial charge in [-0.25, -0.2) is 0 Å². The fourth-order valence-corrected chi connectivity index (χ4v) is 2.67. The van der Waals surface area contributed by atoms with E-state index in [1.807, 2.05) is 12.1 Å². The molecule has 0 aliphatic heterocycles. The van der Waals surface area contributed by atoms with Gasteiger partial charge in [0.15, 0.2) is 11.5 Å². The van der Waals surface area contributed by atoms with Crippen molar-refractivity contribution in [1.29, 1.82) is 0 Å². The third-order valence-corrected chi connectivity index (χ3v) is 4.05. The van der Waals surface area contributed by atoms with Gasteiger partial charge in [0.25, 0.3) is 0 Å². The minimum atomic E-state index is -0.111. The molecule has 0 heterocycles. The molecule has 0 radical (unpaired) electrons. The first-order valence-corrected chi connectivity index (χ1v) is 6.78. The first-order chi connectivity index (χ1) is 9.14. The fourth-order valence-electron chi connectivity index (χ4n) is 2.36. The van der Waals surface area contributed by atoms with Gasteiger partial charge >= 0.3 is 0 Å². The standard InChI is InChI=1S/C14H20ClNO3/c1-18-12-7-10(6-11(15)13(12)19-2)8-16-14(9-17)4-3-5-14/h6-7,16-17H,3-5,8-9H2,1-2H3. The summed E-state index contributed by atoms with van der Waals surface area (Å²) in [4.78, 5) is 0. The topological polar surface area (TPSA) is 50.7 Å². The quantitative estimate of drug-likeness (QED) is 0.842. The van der Waals surface area contributed by atoms with Crippen LogP contribution < -0.4 is 14.8 Å². The second-order valence-corrected chi connectivity index (χ2v) is 5.37. The number of hydrogen-bond donors (Lipinski definition) is 2. The predicted octanol–water partition coefficient (Wildman–Crippen LogP) is 2.36. The Morgan fingerprint density at radius 1 is 1.32 bits per heavy atom. The van der Waals surface area contributed by atoms with Crippen molar-refractivity contribution in [3.63, 3.8) is 0 Å². The molecule has 0 unspecified atom stereocenters. The van der Waals surface area contributed by atoms with Gasteiger partial charge in [-0.3, -0.25) is 0 Å². The Bertz CT molecular complexity index is 441. The summed E-state index contributed by atoms with van der Waals surface area (Å²) in [7, 11) is 3.16. The summed E-state index contributed by atoms with van der Waals surface area (Å²) < 4.78 is 10.5. The molecule has 1 fully saturated rings. The van der Waals surface area contributed by atoms with Crippen molar-refractivity contribution < 1.29 is 14.6 Å². The van der Waals surface area contributed by atoms with Gasteiger partial charge in [0, 0.05) is 12.1 Å². The molecule has 0 spiro atoms. The normalized spacial score (nSPS) is 16.8. The summed E-state index contributed by atoms with van der Waals surface area (Å²) >= 11 is 6.16. The summed E-state index contributed by atoms with van der Waals surface area (Å²) in [6.45, 7) is 0.828. The SMILES string of the molecule is COc1cc(CNC2(CO)CCC2)cc(Cl)c1OC. The highest BCUT2D eigenvalue weighted by Crippen LogP contribution is 2.37. The van der Waals surface area contributed by atoms with Crippen LogP contribution in [0.5, 0.6) is 11.5 Å². The van der Waals surface area contributed by atoms with Crippen molar-refractivity contribution in [3.8, 4) is 11.5 Å². The zero-order chi connectivity index (χ0) is 13.9. The van der Waals surface area contributed by atoms with Crippen LogP contribution in [0.4, 0.5) is 0 Å². The molecule has 4 nitrogen and oxygen atoms in total. The highest BCUT2D eigenvalue weighted by atomic mass is 35.5. The lowest BCUT2D eigenvalue weighted by molar-refractivity contribution is 0.0872. The van der Waals surface area contributed by atoms with Gasteiger partial charge in [-0.05, 0) is 37.0 Å². The van der Waals surface area contributed by atoms with Gasteiger partial charge in [0.2, 0.25) is 0 Å². The van der Waals surface area contributed by atoms with Gasteiger partial charge in [0.1, 0.15) is 0 Å². The Balaban J connectivity index is 2.10. The number of hydrogen-bond acceptors (Lipinski definition) is 4. The molecule has 0 saturated heterocycles. The fraction of sp³-hybridized carbons (Fsp3) is 0.571. The molecule has 1 aliphatic rings. The molecule has 1 aromatic carbocycles. The number of aliphatic hydroxyl groups excluding tert-OH is 1. The van der Waals surface area contributed by atoms with E-state index in [1.54, 1.807) is 14.2 Å². The number of halogens is 1. The Morgan fingerprint density at radius 3 is 2.53 bits per heavy atom. The Hall–Kier alpha value is -0.970. The number of methoxy groups -OCH3 is 2. The molecule has 0 aromatic heterocycles. The molecule has 2 N–H and O–H groups in total. The van der Waals surface area contributed by atoms with Gasteiger partial charge in [-0.1, -0.05) is 11.6 Å². The maximum atomic E-state index is 9.42. The average molecular weight is 286 g/mol. The molecule has 0 bridgehead atoms. The van der Waals surface area contributed by atoms with Crippen LogP contribution in [0.2, 0.25) is 5.02 Å². The highest BCUT2D eigenvalue weighted by Gasteiger charge is 2.35. The molecule has 1 aliphatic carbocycles. The number of aliphatic hydroxyl groups is 1. The maximum absolute atomic E-state index is 9.42. The third kappa shape index (κ3) is 2.96. The largest absolute Gasteiger partial charge is 0.493 e. The van der Waals surface area contributed by atoms with Gasteiger partial charge < -0.3 is 19.9 Å². The van der Waals surface area contributed by atoms with Gasteiger partial charge in [0.05, 0.1) is 25.8 Å². The van der Waals surface area contributed by atoms with Gasteiger partial charge in [-0.15, -0.1) is 0 Å². The minimum Gasteiger partial charge on any atom is -0.493 e. The highest BCUT2D eigenvalue weighted by molar-refractivity contribution is 6.32. The lowest BCUT2D eigenvalue weighted by Crippen LogP contribution is -2.53. The third-order valence-electron chi connectivity index (χ3n) is 3.77. The first-order valence-electron chi connectivity index (χ1n) is 6.40. The Morgan fingerprint density at radius 2 is 2.05 bits per heavy atom. The van der Waals surface area contributed by atoms with E-state index in [0.29, 0.717) is 23.1 Å². The van der Waals surface area contributed by atoms with Crippen molar-refractivity contribution in [3.05, 3.63) is 22.7 Å². The van der Waals surface area contributed by atoms with E-state index in [4.69, 9.17) is 21.1 Å². The molecule has 1 saturated carbocycles. The average Bonchev–Trinajstić information content (AvgIpc) is 2.37. The second kappa shape index (κ2) is 5.99. The lowest BCUT2D eigenvalue weighted by atomic mass is 9.77. The zero-order valence-electron chi connectivity index (χ0n) is 11.3. The number of rotatable bonds is 6. The van der Waals surface area contributed by atoms with Crippen molar-refractivity contribution >= 4 is 11.6 Å². The number of benzene rings is 1. The number of ether oxygens (including phenoxy) is 2. The van der Waals surface area contributed by atoms with Crippen molar-refractivity contribution in [2.45, 2.75) is 31.3 Å². The molecule has 19 heavy (non-hydrogen) atoms. The molecule has 2 rings (SSSR count). The van der Waals surface area contributed by atoms with E-state index in [1.165, 1.54) is 6.42 Å². The summed E-state index contributed by atoms with van der Waals surface area (Å²) in [5.74, 6) is 1.17. The molecular weight excluding hydrogens is 266 g/mol. The van der Waals surface area contributed by atoms with Crippen molar-refractivity contribution in [1.82, 2.24) is 5.32 Å². The Kier molecular flexibility index (Phi) is 4.55. The van der Waals surface area contributed by atoms with E-state index >= 15 is 0 Å². The number of nitrogens with one attached hydrogen (secondary N) is 1. The van der Waals surface area contributed by atoms with Crippen LogP contribution in [0.3, 0.4) is 0 Å². The van der Waals surface area contributed by atoms with Crippen LogP contribution >= 0.6 is 11.6 Å². The van der Waals surface area contributed by atoms with Crippen LogP contribution in [-0.2, 0) is 6.54 Å². The summed E-state index contributed by atoms with van der Waals surface area (Å²) in [6.07, 6.45) is 3.20. The van der Waals surface area contributed by atoms with Crippen LogP contribution in [0.1, 0.15) is 24.8 Å². The minimum absolute atomic E-state index is 0.111. The van der Waals surface area contributed by atoms with E-state index in [0.717, 1.165) is 18.4 Å². The Labute approximate surface area is 118 Å². The van der Waals surface area contributed by atoms with Gasteiger partial charge in [-0.2, -0.15) is 0 Å². The lowest BCUT2D eigenvalue weighted by Gasteiger charge is -2.41. The molecule has 5 heteroatoms. The van der Waals surface area contributed by atoms with Crippen molar-refractivity contribution in [2.75, 3.05) is 20.8 Å². The molecule has 1 aromatic rings. The summed E-state index contributed by atoms with van der Waals surface area (Å²) in [5, 5.41) is 13.4. The molecule has 0 amide bonds.